The second-order valence-electron chi connectivity index (χ2n) is 4.36. The van der Waals surface area contributed by atoms with Crippen molar-refractivity contribution in [1.29, 1.82) is 0 Å². The number of carbonyl (C=O) groups is 1. The highest BCUT2D eigenvalue weighted by Gasteiger charge is 2.20. The van der Waals surface area contributed by atoms with Crippen LogP contribution in [-0.2, 0) is 11.2 Å². The van der Waals surface area contributed by atoms with E-state index in [-0.39, 0.29) is 12.3 Å². The van der Waals surface area contributed by atoms with Crippen LogP contribution < -0.4 is 0 Å². The van der Waals surface area contributed by atoms with E-state index >= 15 is 0 Å². The van der Waals surface area contributed by atoms with Crippen molar-refractivity contribution in [2.75, 3.05) is 0 Å². The number of carboxylic acid groups (broad SMARTS) is 1. The molecule has 0 fully saturated rings. The quantitative estimate of drug-likeness (QED) is 0.887. The fourth-order valence-electron chi connectivity index (χ4n) is 2.02. The van der Waals surface area contributed by atoms with E-state index in [2.05, 4.69) is 32.8 Å². The first kappa shape index (κ1) is 13.8. The van der Waals surface area contributed by atoms with Gasteiger partial charge >= 0.3 is 5.97 Å². The van der Waals surface area contributed by atoms with Crippen LogP contribution in [0.2, 0.25) is 0 Å². The molecule has 2 rings (SSSR count). The van der Waals surface area contributed by atoms with Crippen molar-refractivity contribution in [3.63, 3.8) is 0 Å². The number of benzene rings is 1. The first-order valence-electron chi connectivity index (χ1n) is 6.11. The lowest BCUT2D eigenvalue weighted by Crippen LogP contribution is -2.09. The van der Waals surface area contributed by atoms with Gasteiger partial charge in [0.25, 0.3) is 0 Å². The van der Waals surface area contributed by atoms with Crippen molar-refractivity contribution in [2.24, 2.45) is 0 Å². The highest BCUT2D eigenvalue weighted by Crippen LogP contribution is 2.27. The molecule has 1 unspecified atom stereocenters. The molecule has 1 atom stereocenters. The third kappa shape index (κ3) is 3.44. The highest BCUT2D eigenvalue weighted by molar-refractivity contribution is 9.10. The third-order valence-corrected chi connectivity index (χ3v) is 3.47. The highest BCUT2D eigenvalue weighted by atomic mass is 79.9. The molecule has 0 spiro atoms. The molecule has 0 aliphatic heterocycles. The van der Waals surface area contributed by atoms with E-state index in [0.717, 1.165) is 16.6 Å². The number of imidazole rings is 1. The van der Waals surface area contributed by atoms with Crippen molar-refractivity contribution in [1.82, 2.24) is 9.97 Å². The van der Waals surface area contributed by atoms with E-state index in [9.17, 15) is 4.79 Å². The fourth-order valence-corrected chi connectivity index (χ4v) is 2.33. The molecule has 0 bridgehead atoms. The predicted octanol–water partition coefficient (Wildman–Crippen LogP) is 3.34. The summed E-state index contributed by atoms with van der Waals surface area (Å²) in [5.74, 6) is -0.426. The van der Waals surface area contributed by atoms with Gasteiger partial charge in [-0.25, -0.2) is 4.98 Å². The van der Waals surface area contributed by atoms with Crippen molar-refractivity contribution in [2.45, 2.75) is 25.7 Å². The molecule has 4 nitrogen and oxygen atoms in total. The van der Waals surface area contributed by atoms with Crippen LogP contribution in [0, 0.1) is 0 Å². The maximum Gasteiger partial charge on any atom is 0.304 e. The minimum atomic E-state index is -0.836. The zero-order valence-corrected chi connectivity index (χ0v) is 12.1. The summed E-state index contributed by atoms with van der Waals surface area (Å²) in [4.78, 5) is 18.3. The van der Waals surface area contributed by atoms with E-state index in [1.807, 2.05) is 24.3 Å². The lowest BCUT2D eigenvalue weighted by molar-refractivity contribution is -0.137. The lowest BCUT2D eigenvalue weighted by atomic mass is 9.94. The Balaban J connectivity index is 2.33. The number of halogens is 1. The number of carboxylic acids is 1. The molecule has 0 saturated heterocycles. The molecule has 1 aromatic carbocycles. The second-order valence-corrected chi connectivity index (χ2v) is 5.22. The van der Waals surface area contributed by atoms with Gasteiger partial charge in [-0.2, -0.15) is 0 Å². The molecule has 100 valence electrons. The van der Waals surface area contributed by atoms with Crippen LogP contribution in [0.3, 0.4) is 0 Å². The second kappa shape index (κ2) is 6.02. The number of rotatable bonds is 5. The van der Waals surface area contributed by atoms with Crippen molar-refractivity contribution >= 4 is 21.9 Å². The van der Waals surface area contributed by atoms with E-state index in [1.165, 1.54) is 5.56 Å². The van der Waals surface area contributed by atoms with Crippen LogP contribution in [0.4, 0.5) is 0 Å². The van der Waals surface area contributed by atoms with Crippen LogP contribution in [0.25, 0.3) is 0 Å². The smallest absolute Gasteiger partial charge is 0.304 e. The molecule has 0 radical (unpaired) electrons. The van der Waals surface area contributed by atoms with Gasteiger partial charge in [-0.1, -0.05) is 31.2 Å². The normalized spacial score (nSPS) is 12.3. The van der Waals surface area contributed by atoms with Crippen LogP contribution >= 0.6 is 15.9 Å². The molecular weight excluding hydrogens is 308 g/mol. The van der Waals surface area contributed by atoms with Crippen molar-refractivity contribution in [3.05, 3.63) is 52.0 Å². The number of hydrogen-bond acceptors (Lipinski definition) is 2. The summed E-state index contributed by atoms with van der Waals surface area (Å²) < 4.78 is 0.753. The third-order valence-electron chi connectivity index (χ3n) is 3.06. The number of aliphatic carboxylic acids is 1. The Morgan fingerprint density at radius 2 is 2.11 bits per heavy atom. The van der Waals surface area contributed by atoms with Crippen molar-refractivity contribution < 1.29 is 9.90 Å². The molecule has 0 amide bonds. The molecule has 5 heteroatoms. The standard InChI is InChI=1S/C14H15BrN2O2/c1-2-9-3-5-10(6-4-9)11(7-13(18)19)14-16-8-12(15)17-14/h3-6,8,11H,2,7H2,1H3,(H,16,17)(H,18,19). The molecule has 0 aliphatic carbocycles. The number of aromatic amines is 1. The topological polar surface area (TPSA) is 66.0 Å². The maximum atomic E-state index is 11.0. The van der Waals surface area contributed by atoms with E-state index in [1.54, 1.807) is 6.20 Å². The maximum absolute atomic E-state index is 11.0. The van der Waals surface area contributed by atoms with Gasteiger partial charge in [-0.05, 0) is 33.5 Å². The van der Waals surface area contributed by atoms with Crippen LogP contribution in [0.15, 0.2) is 35.1 Å². The number of nitrogens with one attached hydrogen (secondary N) is 1. The van der Waals surface area contributed by atoms with Gasteiger partial charge in [0.05, 0.1) is 18.5 Å². The Morgan fingerprint density at radius 3 is 2.58 bits per heavy atom. The Labute approximate surface area is 120 Å². The van der Waals surface area contributed by atoms with Crippen LogP contribution in [0.5, 0.6) is 0 Å². The Morgan fingerprint density at radius 1 is 1.42 bits per heavy atom. The average Bonchev–Trinajstić information content (AvgIpc) is 2.82. The predicted molar refractivity (Wildman–Crippen MR) is 76.2 cm³/mol. The molecule has 0 aliphatic rings. The first-order chi connectivity index (χ1) is 9.10. The minimum Gasteiger partial charge on any atom is -0.481 e. The summed E-state index contributed by atoms with van der Waals surface area (Å²) in [6, 6.07) is 8.01. The van der Waals surface area contributed by atoms with Crippen LogP contribution in [-0.4, -0.2) is 21.0 Å². The van der Waals surface area contributed by atoms with Gasteiger partial charge < -0.3 is 10.1 Å². The number of H-pyrrole nitrogens is 1. The van der Waals surface area contributed by atoms with Gasteiger partial charge in [-0.3, -0.25) is 4.79 Å². The Bertz CT molecular complexity index is 563. The Kier molecular flexibility index (Phi) is 4.37. The molecule has 2 N–H and O–H groups in total. The van der Waals surface area contributed by atoms with Gasteiger partial charge in [0.2, 0.25) is 0 Å². The number of aromatic nitrogens is 2. The summed E-state index contributed by atoms with van der Waals surface area (Å²) >= 11 is 3.30. The zero-order valence-electron chi connectivity index (χ0n) is 10.6. The van der Waals surface area contributed by atoms with Gasteiger partial charge in [0.15, 0.2) is 0 Å². The fraction of sp³-hybridized carbons (Fsp3) is 0.286. The monoisotopic (exact) mass is 322 g/mol. The van der Waals surface area contributed by atoms with E-state index in [0.29, 0.717) is 5.82 Å². The molecule has 19 heavy (non-hydrogen) atoms. The van der Waals surface area contributed by atoms with Gasteiger partial charge in [0.1, 0.15) is 10.4 Å². The number of aryl methyl sites for hydroxylation is 1. The summed E-state index contributed by atoms with van der Waals surface area (Å²) in [5.41, 5.74) is 2.19. The molecular formula is C14H15BrN2O2. The van der Waals surface area contributed by atoms with Crippen LogP contribution in [0.1, 0.15) is 36.2 Å². The van der Waals surface area contributed by atoms with Gasteiger partial charge in [0, 0.05) is 0 Å². The lowest BCUT2D eigenvalue weighted by Gasteiger charge is -2.13. The molecule has 0 saturated carbocycles. The summed E-state index contributed by atoms with van der Waals surface area (Å²) in [5, 5.41) is 9.06. The largest absolute Gasteiger partial charge is 0.481 e. The minimum absolute atomic E-state index is 0.0193. The molecule has 1 heterocycles. The first-order valence-corrected chi connectivity index (χ1v) is 6.90. The summed E-state index contributed by atoms with van der Waals surface area (Å²) in [7, 11) is 0. The summed E-state index contributed by atoms with van der Waals surface area (Å²) in [6.45, 7) is 2.09. The number of hydrogen-bond donors (Lipinski definition) is 2. The number of nitrogens with zero attached hydrogens (tertiary/aromatic N) is 1. The molecule has 1 aromatic heterocycles. The van der Waals surface area contributed by atoms with Gasteiger partial charge in [-0.15, -0.1) is 0 Å². The SMILES string of the molecule is CCc1ccc(C(CC(=O)O)c2ncc(Br)[nH]2)cc1. The van der Waals surface area contributed by atoms with Crippen molar-refractivity contribution in [3.8, 4) is 0 Å². The summed E-state index contributed by atoms with van der Waals surface area (Å²) in [6.07, 6.45) is 2.63. The van der Waals surface area contributed by atoms with E-state index < -0.39 is 5.97 Å². The average molecular weight is 323 g/mol. The van der Waals surface area contributed by atoms with E-state index in [4.69, 9.17) is 5.11 Å². The zero-order chi connectivity index (χ0) is 13.8. The Hall–Kier alpha value is -1.62. The molecule has 2 aromatic rings.